The Bertz CT molecular complexity index is 532. The van der Waals surface area contributed by atoms with Gasteiger partial charge in [0.05, 0.1) is 0 Å². The summed E-state index contributed by atoms with van der Waals surface area (Å²) in [6.07, 6.45) is 4.39. The molecule has 0 atom stereocenters. The fraction of sp³-hybridized carbons (Fsp3) is 0.412. The number of hydrogen-bond acceptors (Lipinski definition) is 1. The summed E-state index contributed by atoms with van der Waals surface area (Å²) in [5.74, 6) is 0. The van der Waals surface area contributed by atoms with E-state index in [9.17, 15) is 0 Å². The molecule has 1 N–H and O–H groups in total. The van der Waals surface area contributed by atoms with Crippen LogP contribution in [0.15, 0.2) is 42.7 Å². The number of nitrogens with zero attached hydrogens (tertiary/aromatic N) is 1. The molecule has 1 aromatic carbocycles. The van der Waals surface area contributed by atoms with Crippen LogP contribution >= 0.6 is 0 Å². The van der Waals surface area contributed by atoms with Crippen molar-refractivity contribution in [3.8, 4) is 0 Å². The molecular formula is C17H24N2. The van der Waals surface area contributed by atoms with E-state index in [1.807, 2.05) is 0 Å². The Kier molecular flexibility index (Phi) is 4.11. The fourth-order valence-corrected chi connectivity index (χ4v) is 2.04. The standard InChI is InChI=1S/C17H24N2/c1-14-7-5-6-8-16(14)13-19-10-9-15(12-19)11-18-17(2,3)4/h5-10,12,18H,11,13H2,1-4H3. The van der Waals surface area contributed by atoms with Crippen LogP contribution in [0.4, 0.5) is 0 Å². The molecule has 0 amide bonds. The van der Waals surface area contributed by atoms with Crippen LogP contribution in [0.2, 0.25) is 0 Å². The van der Waals surface area contributed by atoms with Gasteiger partial charge in [-0.1, -0.05) is 24.3 Å². The lowest BCUT2D eigenvalue weighted by molar-refractivity contribution is 0.424. The van der Waals surface area contributed by atoms with Crippen LogP contribution in [-0.2, 0) is 13.1 Å². The van der Waals surface area contributed by atoms with Gasteiger partial charge in [-0.2, -0.15) is 0 Å². The number of aromatic nitrogens is 1. The Hall–Kier alpha value is -1.54. The van der Waals surface area contributed by atoms with Crippen LogP contribution in [0.3, 0.4) is 0 Å². The quantitative estimate of drug-likeness (QED) is 0.882. The fourth-order valence-electron chi connectivity index (χ4n) is 2.04. The van der Waals surface area contributed by atoms with E-state index in [0.717, 1.165) is 13.1 Å². The first-order valence-corrected chi connectivity index (χ1v) is 6.88. The Morgan fingerprint density at radius 3 is 2.53 bits per heavy atom. The molecule has 2 aromatic rings. The summed E-state index contributed by atoms with van der Waals surface area (Å²) in [4.78, 5) is 0. The molecule has 0 aliphatic rings. The van der Waals surface area contributed by atoms with E-state index in [4.69, 9.17) is 0 Å². The van der Waals surface area contributed by atoms with Crippen molar-refractivity contribution >= 4 is 0 Å². The predicted octanol–water partition coefficient (Wildman–Crippen LogP) is 3.73. The summed E-state index contributed by atoms with van der Waals surface area (Å²) < 4.78 is 2.25. The number of nitrogens with one attached hydrogen (secondary N) is 1. The maximum atomic E-state index is 3.51. The van der Waals surface area contributed by atoms with Crippen molar-refractivity contribution in [1.82, 2.24) is 9.88 Å². The summed E-state index contributed by atoms with van der Waals surface area (Å²) in [5.41, 5.74) is 4.24. The molecule has 0 saturated heterocycles. The number of aryl methyl sites for hydroxylation is 1. The van der Waals surface area contributed by atoms with Crippen molar-refractivity contribution in [3.63, 3.8) is 0 Å². The second-order valence-corrected chi connectivity index (χ2v) is 6.22. The van der Waals surface area contributed by atoms with E-state index in [-0.39, 0.29) is 5.54 Å². The first kappa shape index (κ1) is 13.9. The van der Waals surface area contributed by atoms with Crippen molar-refractivity contribution in [3.05, 3.63) is 59.4 Å². The average molecular weight is 256 g/mol. The minimum Gasteiger partial charge on any atom is -0.350 e. The zero-order valence-electron chi connectivity index (χ0n) is 12.4. The van der Waals surface area contributed by atoms with Crippen molar-refractivity contribution in [1.29, 1.82) is 0 Å². The Morgan fingerprint density at radius 2 is 1.84 bits per heavy atom. The molecule has 1 heterocycles. The van der Waals surface area contributed by atoms with E-state index >= 15 is 0 Å². The zero-order chi connectivity index (χ0) is 13.9. The van der Waals surface area contributed by atoms with Gasteiger partial charge >= 0.3 is 0 Å². The average Bonchev–Trinajstić information content (AvgIpc) is 2.77. The third-order valence-electron chi connectivity index (χ3n) is 3.25. The van der Waals surface area contributed by atoms with Crippen LogP contribution in [0.25, 0.3) is 0 Å². The molecule has 19 heavy (non-hydrogen) atoms. The van der Waals surface area contributed by atoms with E-state index in [0.29, 0.717) is 0 Å². The first-order chi connectivity index (χ1) is 8.94. The molecule has 0 unspecified atom stereocenters. The Labute approximate surface area is 116 Å². The van der Waals surface area contributed by atoms with Crippen LogP contribution in [0.5, 0.6) is 0 Å². The van der Waals surface area contributed by atoms with Gasteiger partial charge in [0, 0.05) is 31.0 Å². The van der Waals surface area contributed by atoms with Crippen molar-refractivity contribution in [2.45, 2.75) is 46.3 Å². The molecule has 0 saturated carbocycles. The number of hydrogen-bond donors (Lipinski definition) is 1. The third-order valence-corrected chi connectivity index (χ3v) is 3.25. The Morgan fingerprint density at radius 1 is 1.11 bits per heavy atom. The smallest absolute Gasteiger partial charge is 0.0472 e. The minimum absolute atomic E-state index is 0.165. The van der Waals surface area contributed by atoms with Gasteiger partial charge in [0.2, 0.25) is 0 Å². The molecule has 0 fully saturated rings. The lowest BCUT2D eigenvalue weighted by atomic mass is 10.1. The summed E-state index contributed by atoms with van der Waals surface area (Å²) in [6, 6.07) is 10.8. The highest BCUT2D eigenvalue weighted by atomic mass is 15.0. The van der Waals surface area contributed by atoms with Gasteiger partial charge in [-0.3, -0.25) is 0 Å². The molecule has 0 bridgehead atoms. The van der Waals surface area contributed by atoms with Crippen LogP contribution < -0.4 is 5.32 Å². The van der Waals surface area contributed by atoms with Gasteiger partial charge in [0.15, 0.2) is 0 Å². The first-order valence-electron chi connectivity index (χ1n) is 6.88. The molecule has 0 aliphatic heterocycles. The maximum absolute atomic E-state index is 3.51. The molecule has 1 aromatic heterocycles. The number of rotatable bonds is 4. The minimum atomic E-state index is 0.165. The normalized spacial score (nSPS) is 11.8. The lowest BCUT2D eigenvalue weighted by Crippen LogP contribution is -2.34. The monoisotopic (exact) mass is 256 g/mol. The second-order valence-electron chi connectivity index (χ2n) is 6.22. The van der Waals surface area contributed by atoms with E-state index in [2.05, 4.69) is 80.3 Å². The highest BCUT2D eigenvalue weighted by Gasteiger charge is 2.08. The molecule has 0 radical (unpaired) electrons. The summed E-state index contributed by atoms with van der Waals surface area (Å²) >= 11 is 0. The highest BCUT2D eigenvalue weighted by Crippen LogP contribution is 2.11. The van der Waals surface area contributed by atoms with Crippen molar-refractivity contribution in [2.24, 2.45) is 0 Å². The third kappa shape index (κ3) is 4.25. The topological polar surface area (TPSA) is 17.0 Å². The van der Waals surface area contributed by atoms with Crippen molar-refractivity contribution in [2.75, 3.05) is 0 Å². The summed E-state index contributed by atoms with van der Waals surface area (Å²) in [5, 5.41) is 3.51. The van der Waals surface area contributed by atoms with E-state index in [1.165, 1.54) is 16.7 Å². The van der Waals surface area contributed by atoms with E-state index in [1.54, 1.807) is 0 Å². The van der Waals surface area contributed by atoms with Crippen LogP contribution in [-0.4, -0.2) is 10.1 Å². The van der Waals surface area contributed by atoms with Crippen LogP contribution in [0.1, 0.15) is 37.5 Å². The van der Waals surface area contributed by atoms with E-state index < -0.39 is 0 Å². The second kappa shape index (κ2) is 5.62. The predicted molar refractivity (Wildman–Crippen MR) is 81.3 cm³/mol. The zero-order valence-corrected chi connectivity index (χ0v) is 12.4. The molecule has 2 rings (SSSR count). The molecule has 2 nitrogen and oxygen atoms in total. The van der Waals surface area contributed by atoms with Gasteiger partial charge in [-0.25, -0.2) is 0 Å². The SMILES string of the molecule is Cc1ccccc1Cn1ccc(CNC(C)(C)C)c1. The van der Waals surface area contributed by atoms with Gasteiger partial charge in [-0.15, -0.1) is 0 Å². The molecule has 2 heteroatoms. The highest BCUT2D eigenvalue weighted by molar-refractivity contribution is 5.26. The molecule has 0 spiro atoms. The molecular weight excluding hydrogens is 232 g/mol. The van der Waals surface area contributed by atoms with Crippen LogP contribution in [0, 0.1) is 6.92 Å². The summed E-state index contributed by atoms with van der Waals surface area (Å²) in [7, 11) is 0. The Balaban J connectivity index is 2.00. The summed E-state index contributed by atoms with van der Waals surface area (Å²) in [6.45, 7) is 10.6. The largest absolute Gasteiger partial charge is 0.350 e. The van der Waals surface area contributed by atoms with Gasteiger partial charge in [-0.05, 0) is 50.5 Å². The van der Waals surface area contributed by atoms with Gasteiger partial charge < -0.3 is 9.88 Å². The van der Waals surface area contributed by atoms with Crippen molar-refractivity contribution < 1.29 is 0 Å². The number of benzene rings is 1. The molecule has 102 valence electrons. The maximum Gasteiger partial charge on any atom is 0.0472 e. The molecule has 0 aliphatic carbocycles. The van der Waals surface area contributed by atoms with Gasteiger partial charge in [0.1, 0.15) is 0 Å². The lowest BCUT2D eigenvalue weighted by Gasteiger charge is -2.19. The van der Waals surface area contributed by atoms with Gasteiger partial charge in [0.25, 0.3) is 0 Å².